The van der Waals surface area contributed by atoms with Crippen LogP contribution in [0.4, 0.5) is 0 Å². The van der Waals surface area contributed by atoms with Gasteiger partial charge in [0.05, 0.1) is 18.5 Å². The molecule has 9 heteroatoms. The van der Waals surface area contributed by atoms with Crippen molar-refractivity contribution in [2.24, 2.45) is 26.1 Å². The lowest BCUT2D eigenvalue weighted by molar-refractivity contribution is 0.288. The second-order valence-corrected chi connectivity index (χ2v) is 7.26. The number of pyridine rings is 1. The summed E-state index contributed by atoms with van der Waals surface area (Å²) >= 11 is 1.41. The van der Waals surface area contributed by atoms with Gasteiger partial charge in [-0.3, -0.25) is 4.98 Å². The second-order valence-electron chi connectivity index (χ2n) is 6.53. The molecule has 1 aromatic rings. The van der Waals surface area contributed by atoms with E-state index in [4.69, 9.17) is 21.3 Å². The third-order valence-electron chi connectivity index (χ3n) is 4.83. The first-order chi connectivity index (χ1) is 12.5. The van der Waals surface area contributed by atoms with Crippen LogP contribution >= 0.6 is 11.9 Å². The molecule has 0 aromatic carbocycles. The summed E-state index contributed by atoms with van der Waals surface area (Å²) in [5.74, 6) is 1.98. The van der Waals surface area contributed by atoms with Crippen molar-refractivity contribution in [3.8, 4) is 5.75 Å². The smallest absolute Gasteiger partial charge is 0.160 e. The highest BCUT2D eigenvalue weighted by molar-refractivity contribution is 7.98. The van der Waals surface area contributed by atoms with Gasteiger partial charge in [-0.05, 0) is 31.4 Å². The number of hydrogen-bond donors (Lipinski definition) is 2. The number of aromatic nitrogens is 1. The lowest BCUT2D eigenvalue weighted by Gasteiger charge is -2.23. The van der Waals surface area contributed by atoms with Crippen LogP contribution < -0.4 is 16.2 Å². The van der Waals surface area contributed by atoms with E-state index in [1.807, 2.05) is 13.8 Å². The molecule has 0 saturated heterocycles. The van der Waals surface area contributed by atoms with Crippen LogP contribution in [0.2, 0.25) is 0 Å². The molecule has 1 aliphatic carbocycles. The Balaban J connectivity index is 1.72. The number of nitrogens with two attached hydrogens (primary N) is 2. The number of rotatable bonds is 3. The molecule has 3 heterocycles. The van der Waals surface area contributed by atoms with Gasteiger partial charge in [-0.1, -0.05) is 0 Å². The van der Waals surface area contributed by atoms with Crippen molar-refractivity contribution in [2.45, 2.75) is 32.9 Å². The summed E-state index contributed by atoms with van der Waals surface area (Å²) in [6.45, 7) is 4.39. The predicted octanol–water partition coefficient (Wildman–Crippen LogP) is 1.28. The van der Waals surface area contributed by atoms with Gasteiger partial charge in [0.2, 0.25) is 0 Å². The Hall–Kier alpha value is -2.39. The molecule has 136 valence electrons. The minimum atomic E-state index is -0.0539. The Morgan fingerprint density at radius 3 is 2.92 bits per heavy atom. The van der Waals surface area contributed by atoms with Gasteiger partial charge >= 0.3 is 0 Å². The number of methoxy groups -OCH3 is 1. The first-order valence-corrected chi connectivity index (χ1v) is 9.31. The fourth-order valence-electron chi connectivity index (χ4n) is 3.52. The van der Waals surface area contributed by atoms with Gasteiger partial charge < -0.3 is 16.2 Å². The molecule has 0 saturated carbocycles. The monoisotopic (exact) mass is 371 g/mol. The lowest BCUT2D eigenvalue weighted by atomic mass is 10.0. The molecule has 0 bridgehead atoms. The van der Waals surface area contributed by atoms with Crippen LogP contribution in [-0.4, -0.2) is 46.3 Å². The zero-order valence-corrected chi connectivity index (χ0v) is 15.8. The van der Waals surface area contributed by atoms with Crippen LogP contribution in [0.3, 0.4) is 0 Å². The largest absolute Gasteiger partial charge is 0.496 e. The van der Waals surface area contributed by atoms with Gasteiger partial charge in [-0.15, -0.1) is 0 Å². The van der Waals surface area contributed by atoms with E-state index in [9.17, 15) is 0 Å². The molecule has 4 N–H and O–H groups in total. The maximum Gasteiger partial charge on any atom is 0.160 e. The van der Waals surface area contributed by atoms with Crippen molar-refractivity contribution >= 4 is 29.2 Å². The molecular weight excluding hydrogens is 350 g/mol. The van der Waals surface area contributed by atoms with E-state index in [0.717, 1.165) is 45.2 Å². The quantitative estimate of drug-likeness (QED) is 0.774. The zero-order valence-electron chi connectivity index (χ0n) is 15.0. The topological polar surface area (TPSA) is 114 Å². The molecule has 1 atom stereocenters. The van der Waals surface area contributed by atoms with Crippen LogP contribution in [0.1, 0.15) is 23.2 Å². The van der Waals surface area contributed by atoms with Crippen molar-refractivity contribution in [3.05, 3.63) is 34.2 Å². The molecule has 8 nitrogen and oxygen atoms in total. The van der Waals surface area contributed by atoms with Crippen LogP contribution in [0.5, 0.6) is 5.75 Å². The Labute approximate surface area is 156 Å². The predicted molar refractivity (Wildman–Crippen MR) is 104 cm³/mol. The van der Waals surface area contributed by atoms with Crippen molar-refractivity contribution < 1.29 is 4.74 Å². The van der Waals surface area contributed by atoms with E-state index in [0.29, 0.717) is 24.5 Å². The fourth-order valence-corrected chi connectivity index (χ4v) is 4.31. The minimum Gasteiger partial charge on any atom is -0.496 e. The van der Waals surface area contributed by atoms with Crippen LogP contribution in [-0.2, 0) is 6.54 Å². The van der Waals surface area contributed by atoms with Gasteiger partial charge in [0.15, 0.2) is 5.84 Å². The highest BCUT2D eigenvalue weighted by Crippen LogP contribution is 2.33. The van der Waals surface area contributed by atoms with Crippen LogP contribution in [0.15, 0.2) is 31.9 Å². The molecule has 3 aliphatic rings. The van der Waals surface area contributed by atoms with Crippen molar-refractivity contribution in [3.63, 3.8) is 0 Å². The van der Waals surface area contributed by atoms with Gasteiger partial charge in [-0.2, -0.15) is 19.7 Å². The molecule has 26 heavy (non-hydrogen) atoms. The summed E-state index contributed by atoms with van der Waals surface area (Å²) in [7, 11) is 1.67. The molecule has 0 spiro atoms. The molecule has 4 rings (SSSR count). The standard InChI is InChI=1S/C17H21N7OS/c1-8-5-20-13(9(2)16(8)25-3)6-24-21-12-4-11(18)10-7-26-23-17(19)15(22-24)14(10)12/h5,11H,4,6-7,18H2,1-3H3,(H2,19,23). The summed E-state index contributed by atoms with van der Waals surface area (Å²) in [4.78, 5) is 4.54. The Kier molecular flexibility index (Phi) is 4.20. The van der Waals surface area contributed by atoms with Gasteiger partial charge in [0.25, 0.3) is 0 Å². The van der Waals surface area contributed by atoms with E-state index in [1.54, 1.807) is 18.4 Å². The van der Waals surface area contributed by atoms with Crippen molar-refractivity contribution in [2.75, 3.05) is 12.9 Å². The van der Waals surface area contributed by atoms with E-state index in [1.165, 1.54) is 11.9 Å². The number of ether oxygens (including phenoxy) is 1. The van der Waals surface area contributed by atoms with E-state index < -0.39 is 0 Å². The Bertz CT molecular complexity index is 903. The highest BCUT2D eigenvalue weighted by atomic mass is 32.2. The number of nitrogens with zero attached hydrogens (tertiary/aromatic N) is 5. The van der Waals surface area contributed by atoms with E-state index in [2.05, 4.69) is 14.5 Å². The van der Waals surface area contributed by atoms with Gasteiger partial charge in [-0.25, -0.2) is 0 Å². The Morgan fingerprint density at radius 1 is 1.35 bits per heavy atom. The van der Waals surface area contributed by atoms with Crippen molar-refractivity contribution in [1.82, 2.24) is 10.1 Å². The van der Waals surface area contributed by atoms with Crippen LogP contribution in [0.25, 0.3) is 0 Å². The summed E-state index contributed by atoms with van der Waals surface area (Å²) in [5, 5.41) is 11.0. The molecule has 2 aliphatic heterocycles. The minimum absolute atomic E-state index is 0.0539. The number of amidine groups is 1. The molecule has 1 unspecified atom stereocenters. The second kappa shape index (κ2) is 6.40. The van der Waals surface area contributed by atoms with Crippen molar-refractivity contribution in [1.29, 1.82) is 0 Å². The Morgan fingerprint density at radius 2 is 2.15 bits per heavy atom. The maximum absolute atomic E-state index is 6.29. The molecule has 0 radical (unpaired) electrons. The summed E-state index contributed by atoms with van der Waals surface area (Å²) in [5.41, 5.74) is 19.0. The molecule has 0 amide bonds. The molecular formula is C17H21N7OS. The van der Waals surface area contributed by atoms with Gasteiger partial charge in [0.1, 0.15) is 18.0 Å². The molecule has 1 aromatic heterocycles. The normalized spacial score (nSPS) is 21.8. The van der Waals surface area contributed by atoms with E-state index >= 15 is 0 Å². The summed E-state index contributed by atoms with van der Waals surface area (Å²) in [6, 6.07) is -0.0539. The fraction of sp³-hybridized carbons (Fsp3) is 0.412. The third-order valence-corrected chi connectivity index (χ3v) is 5.59. The summed E-state index contributed by atoms with van der Waals surface area (Å²) in [6.07, 6.45) is 2.50. The highest BCUT2D eigenvalue weighted by Gasteiger charge is 2.37. The molecule has 0 fully saturated rings. The zero-order chi connectivity index (χ0) is 18.4. The lowest BCUT2D eigenvalue weighted by Crippen LogP contribution is -2.33. The average molecular weight is 371 g/mol. The van der Waals surface area contributed by atoms with Gasteiger partial charge in [0, 0.05) is 41.1 Å². The SMILES string of the molecule is COc1c(C)cnc(CN2N=C3CC(N)C4=C3C(=N2)C(N)=NSC4)c1C. The van der Waals surface area contributed by atoms with Crippen LogP contribution in [0, 0.1) is 13.8 Å². The first-order valence-electron chi connectivity index (χ1n) is 8.37. The number of hydrazone groups is 2. The first kappa shape index (κ1) is 17.0. The number of aryl methyl sites for hydroxylation is 1. The van der Waals surface area contributed by atoms with E-state index in [-0.39, 0.29) is 6.04 Å². The maximum atomic E-state index is 6.29. The third kappa shape index (κ3) is 2.67. The number of hydrogen-bond acceptors (Lipinski definition) is 9. The summed E-state index contributed by atoms with van der Waals surface area (Å²) < 4.78 is 9.82. The average Bonchev–Trinajstić information content (AvgIpc) is 2.81.